The summed E-state index contributed by atoms with van der Waals surface area (Å²) in [6, 6.07) is 0.330. The lowest BCUT2D eigenvalue weighted by Crippen LogP contribution is -2.42. The van der Waals surface area contributed by atoms with Gasteiger partial charge in [0.1, 0.15) is 0 Å². The number of hydrogen-bond donors (Lipinski definition) is 2. The third-order valence-electron chi connectivity index (χ3n) is 3.46. The topological polar surface area (TPSA) is 57.8 Å². The number of nitrogens with one attached hydrogen (secondary N) is 2. The quantitative estimate of drug-likeness (QED) is 0.866. The Balaban J connectivity index is 0. The number of aromatic amines is 1. The van der Waals surface area contributed by atoms with E-state index in [4.69, 9.17) is 0 Å². The number of carbonyl (C=O) groups excluding carboxylic acids is 1. The molecule has 1 heterocycles. The number of carbonyl (C=O) groups is 1. The second-order valence-electron chi connectivity index (χ2n) is 4.47. The standard InChI is InChI=1S/C12H19N3O.C2H6.2H2/c1-2-9-5-3-4-6-10(9)15-12(16)11-13-7-8-14-11;1-2;;/h7-10H,2-6H2,1H3,(H,13,14)(H,15,16);1-2H3;2*1H/t9-,10+;;;/m0.../s1. The summed E-state index contributed by atoms with van der Waals surface area (Å²) in [5.41, 5.74) is 0. The zero-order valence-electron chi connectivity index (χ0n) is 11.7. The van der Waals surface area contributed by atoms with E-state index in [0.717, 1.165) is 12.8 Å². The zero-order chi connectivity index (χ0) is 13.4. The maximum atomic E-state index is 11.8. The van der Waals surface area contributed by atoms with E-state index in [1.54, 1.807) is 12.4 Å². The van der Waals surface area contributed by atoms with Gasteiger partial charge in [-0.2, -0.15) is 0 Å². The van der Waals surface area contributed by atoms with Crippen LogP contribution in [0, 0.1) is 5.92 Å². The van der Waals surface area contributed by atoms with Crippen LogP contribution < -0.4 is 5.32 Å². The van der Waals surface area contributed by atoms with Crippen LogP contribution in [0.1, 0.15) is 66.3 Å². The zero-order valence-corrected chi connectivity index (χ0v) is 11.7. The number of imidazole rings is 1. The normalized spacial score (nSPS) is 22.8. The van der Waals surface area contributed by atoms with Crippen molar-refractivity contribution in [1.29, 1.82) is 0 Å². The number of aromatic nitrogens is 2. The Morgan fingerprint density at radius 3 is 2.83 bits per heavy atom. The predicted octanol–water partition coefficient (Wildman–Crippen LogP) is 3.63. The van der Waals surface area contributed by atoms with Crippen molar-refractivity contribution in [2.24, 2.45) is 5.92 Å². The van der Waals surface area contributed by atoms with E-state index in [0.29, 0.717) is 17.8 Å². The third-order valence-corrected chi connectivity index (χ3v) is 3.46. The molecule has 0 aliphatic heterocycles. The molecular weight excluding hydrogens is 226 g/mol. The van der Waals surface area contributed by atoms with Gasteiger partial charge in [0.05, 0.1) is 0 Å². The highest BCUT2D eigenvalue weighted by molar-refractivity contribution is 5.90. The van der Waals surface area contributed by atoms with Crippen molar-refractivity contribution in [2.75, 3.05) is 0 Å². The van der Waals surface area contributed by atoms with Crippen molar-refractivity contribution >= 4 is 5.91 Å². The summed E-state index contributed by atoms with van der Waals surface area (Å²) in [4.78, 5) is 18.6. The molecule has 0 unspecified atom stereocenters. The van der Waals surface area contributed by atoms with E-state index in [2.05, 4.69) is 22.2 Å². The van der Waals surface area contributed by atoms with Gasteiger partial charge in [0, 0.05) is 21.3 Å². The molecule has 1 aliphatic rings. The number of amides is 1. The molecule has 0 saturated heterocycles. The van der Waals surface area contributed by atoms with Crippen LogP contribution in [0.15, 0.2) is 12.4 Å². The van der Waals surface area contributed by atoms with Crippen molar-refractivity contribution in [3.05, 3.63) is 18.2 Å². The van der Waals surface area contributed by atoms with E-state index in [1.807, 2.05) is 13.8 Å². The predicted molar refractivity (Wildman–Crippen MR) is 77.7 cm³/mol. The molecule has 4 heteroatoms. The minimum atomic E-state index is -0.0737. The molecule has 0 bridgehead atoms. The average molecular weight is 255 g/mol. The van der Waals surface area contributed by atoms with Crippen molar-refractivity contribution < 1.29 is 7.65 Å². The van der Waals surface area contributed by atoms with E-state index in [-0.39, 0.29) is 8.76 Å². The lowest BCUT2D eigenvalue weighted by atomic mass is 9.83. The van der Waals surface area contributed by atoms with E-state index in [1.165, 1.54) is 19.3 Å². The van der Waals surface area contributed by atoms with Gasteiger partial charge in [0.25, 0.3) is 5.91 Å². The Bertz CT molecular complexity index is 344. The Labute approximate surface area is 113 Å². The van der Waals surface area contributed by atoms with Gasteiger partial charge in [-0.25, -0.2) is 4.98 Å². The summed E-state index contributed by atoms with van der Waals surface area (Å²) >= 11 is 0. The Morgan fingerprint density at radius 2 is 2.22 bits per heavy atom. The minimum Gasteiger partial charge on any atom is -0.346 e. The summed E-state index contributed by atoms with van der Waals surface area (Å²) in [5.74, 6) is 0.975. The highest BCUT2D eigenvalue weighted by Gasteiger charge is 2.25. The summed E-state index contributed by atoms with van der Waals surface area (Å²) in [5, 5.41) is 3.09. The summed E-state index contributed by atoms with van der Waals surface area (Å²) in [7, 11) is 0. The van der Waals surface area contributed by atoms with Crippen molar-refractivity contribution in [3.8, 4) is 0 Å². The van der Waals surface area contributed by atoms with Gasteiger partial charge in [0.15, 0.2) is 5.82 Å². The highest BCUT2D eigenvalue weighted by Crippen LogP contribution is 2.26. The lowest BCUT2D eigenvalue weighted by Gasteiger charge is -2.31. The third kappa shape index (κ3) is 3.86. The fraction of sp³-hybridized carbons (Fsp3) is 0.714. The monoisotopic (exact) mass is 255 g/mol. The van der Waals surface area contributed by atoms with Crippen LogP contribution in [0.3, 0.4) is 0 Å². The molecule has 1 aliphatic carbocycles. The van der Waals surface area contributed by atoms with Gasteiger partial charge < -0.3 is 10.3 Å². The number of hydrogen-bond acceptors (Lipinski definition) is 2. The largest absolute Gasteiger partial charge is 0.346 e. The molecule has 2 N–H and O–H groups in total. The molecule has 1 amide bonds. The fourth-order valence-electron chi connectivity index (χ4n) is 2.51. The molecule has 1 aromatic heterocycles. The van der Waals surface area contributed by atoms with Gasteiger partial charge in [-0.05, 0) is 18.8 Å². The van der Waals surface area contributed by atoms with Crippen LogP contribution in [-0.4, -0.2) is 21.9 Å². The van der Waals surface area contributed by atoms with Gasteiger partial charge in [-0.3, -0.25) is 4.79 Å². The SMILES string of the molecule is CC.CC[C@H]1CCCC[C@H]1NC(=O)c1ncc[nH]1.[HH].[HH]. The molecule has 0 radical (unpaired) electrons. The summed E-state index contributed by atoms with van der Waals surface area (Å²) in [6.07, 6.45) is 9.28. The van der Waals surface area contributed by atoms with Crippen LogP contribution in [0.2, 0.25) is 0 Å². The Morgan fingerprint density at radius 1 is 1.50 bits per heavy atom. The first-order valence-corrected chi connectivity index (χ1v) is 7.11. The first-order chi connectivity index (χ1) is 8.81. The molecule has 2 atom stereocenters. The molecule has 1 saturated carbocycles. The molecule has 4 nitrogen and oxygen atoms in total. The Hall–Kier alpha value is -1.32. The molecule has 0 spiro atoms. The van der Waals surface area contributed by atoms with Crippen molar-refractivity contribution in [3.63, 3.8) is 0 Å². The molecular formula is C14H29N3O. The van der Waals surface area contributed by atoms with Crippen LogP contribution in [0.5, 0.6) is 0 Å². The average Bonchev–Trinajstić information content (AvgIpc) is 2.96. The Kier molecular flexibility index (Phi) is 6.47. The maximum absolute atomic E-state index is 11.8. The van der Waals surface area contributed by atoms with E-state index < -0.39 is 0 Å². The number of H-pyrrole nitrogens is 1. The molecule has 2 rings (SSSR count). The number of nitrogens with zero attached hydrogens (tertiary/aromatic N) is 1. The lowest BCUT2D eigenvalue weighted by molar-refractivity contribution is 0.0895. The highest BCUT2D eigenvalue weighted by atomic mass is 16.2. The smallest absolute Gasteiger partial charge is 0.287 e. The fourth-order valence-corrected chi connectivity index (χ4v) is 2.51. The van der Waals surface area contributed by atoms with Crippen molar-refractivity contribution in [1.82, 2.24) is 15.3 Å². The maximum Gasteiger partial charge on any atom is 0.287 e. The van der Waals surface area contributed by atoms with Crippen molar-refractivity contribution in [2.45, 2.75) is 58.9 Å². The molecule has 0 aromatic carbocycles. The van der Waals surface area contributed by atoms with Crippen LogP contribution in [0.25, 0.3) is 0 Å². The minimum absolute atomic E-state index is 0. The van der Waals surface area contributed by atoms with Gasteiger partial charge >= 0.3 is 0 Å². The molecule has 1 fully saturated rings. The van der Waals surface area contributed by atoms with Gasteiger partial charge in [-0.1, -0.05) is 40.0 Å². The van der Waals surface area contributed by atoms with Crippen LogP contribution >= 0.6 is 0 Å². The summed E-state index contributed by atoms with van der Waals surface area (Å²) in [6.45, 7) is 6.20. The first-order valence-electron chi connectivity index (χ1n) is 7.11. The van der Waals surface area contributed by atoms with Crippen LogP contribution in [0.4, 0.5) is 0 Å². The summed E-state index contributed by atoms with van der Waals surface area (Å²) < 4.78 is 0. The van der Waals surface area contributed by atoms with E-state index >= 15 is 0 Å². The molecule has 106 valence electrons. The van der Waals surface area contributed by atoms with Gasteiger partial charge in [0.2, 0.25) is 0 Å². The molecule has 1 aromatic rings. The van der Waals surface area contributed by atoms with Crippen LogP contribution in [-0.2, 0) is 0 Å². The van der Waals surface area contributed by atoms with Gasteiger partial charge in [-0.15, -0.1) is 0 Å². The first kappa shape index (κ1) is 14.7. The van der Waals surface area contributed by atoms with E-state index in [9.17, 15) is 4.79 Å². The molecule has 18 heavy (non-hydrogen) atoms. The second-order valence-corrected chi connectivity index (χ2v) is 4.47. The number of rotatable bonds is 3. The second kappa shape index (κ2) is 7.90.